The highest BCUT2D eigenvalue weighted by Gasteiger charge is 2.19. The number of thiazole rings is 1. The zero-order valence-electron chi connectivity index (χ0n) is 14.2. The lowest BCUT2D eigenvalue weighted by molar-refractivity contribution is 0.102. The molecule has 0 bridgehead atoms. The van der Waals surface area contributed by atoms with Gasteiger partial charge in [0.05, 0.1) is 11.1 Å². The first kappa shape index (κ1) is 16.9. The summed E-state index contributed by atoms with van der Waals surface area (Å²) >= 11 is 1.28. The van der Waals surface area contributed by atoms with Crippen LogP contribution in [0.2, 0.25) is 0 Å². The van der Waals surface area contributed by atoms with E-state index in [-0.39, 0.29) is 11.5 Å². The van der Waals surface area contributed by atoms with Crippen molar-refractivity contribution in [2.45, 2.75) is 0 Å². The monoisotopic (exact) mass is 378 g/mol. The molecule has 7 nitrogen and oxygen atoms in total. The highest BCUT2D eigenvalue weighted by Crippen LogP contribution is 2.38. The molecule has 0 atom stereocenters. The fourth-order valence-electron chi connectivity index (χ4n) is 2.51. The van der Waals surface area contributed by atoms with Crippen molar-refractivity contribution >= 4 is 22.4 Å². The molecule has 0 saturated heterocycles. The molecule has 0 radical (unpaired) electrons. The number of aromatic nitrogens is 3. The number of furan rings is 1. The van der Waals surface area contributed by atoms with Crippen LogP contribution in [0.25, 0.3) is 21.9 Å². The van der Waals surface area contributed by atoms with Gasteiger partial charge in [0.25, 0.3) is 11.5 Å². The van der Waals surface area contributed by atoms with Gasteiger partial charge in [-0.2, -0.15) is 0 Å². The zero-order valence-corrected chi connectivity index (χ0v) is 15.1. The minimum atomic E-state index is -0.285. The smallest absolute Gasteiger partial charge is 0.257 e. The number of carbonyl (C=O) groups is 1. The number of nitrogens with one attached hydrogen (secondary N) is 1. The number of hydrogen-bond acceptors (Lipinski definition) is 6. The molecule has 0 aromatic carbocycles. The summed E-state index contributed by atoms with van der Waals surface area (Å²) in [5.41, 5.74) is 1.64. The Morgan fingerprint density at radius 1 is 1.22 bits per heavy atom. The van der Waals surface area contributed by atoms with E-state index in [0.717, 1.165) is 4.88 Å². The number of rotatable bonds is 4. The van der Waals surface area contributed by atoms with E-state index in [2.05, 4.69) is 15.3 Å². The SMILES string of the molecule is Cn1ccc(-c2sc(NC(=O)c3ccncc3)nc2-c2ccco2)cc1=O. The normalized spacial score (nSPS) is 10.7. The van der Waals surface area contributed by atoms with E-state index in [1.165, 1.54) is 22.0 Å². The Hall–Kier alpha value is -3.52. The summed E-state index contributed by atoms with van der Waals surface area (Å²) < 4.78 is 6.97. The molecule has 0 aliphatic carbocycles. The average molecular weight is 378 g/mol. The fourth-order valence-corrected chi connectivity index (χ4v) is 3.47. The van der Waals surface area contributed by atoms with E-state index in [4.69, 9.17) is 4.42 Å². The summed E-state index contributed by atoms with van der Waals surface area (Å²) in [6.07, 6.45) is 6.35. The first-order chi connectivity index (χ1) is 13.1. The third-order valence-electron chi connectivity index (χ3n) is 3.91. The molecular weight excluding hydrogens is 364 g/mol. The fraction of sp³-hybridized carbons (Fsp3) is 0.0526. The summed E-state index contributed by atoms with van der Waals surface area (Å²) in [5, 5.41) is 3.21. The van der Waals surface area contributed by atoms with Gasteiger partial charge in [0.15, 0.2) is 10.9 Å². The van der Waals surface area contributed by atoms with Crippen molar-refractivity contribution in [1.82, 2.24) is 14.5 Å². The molecule has 0 unspecified atom stereocenters. The van der Waals surface area contributed by atoms with Crippen molar-refractivity contribution < 1.29 is 9.21 Å². The largest absolute Gasteiger partial charge is 0.463 e. The quantitative estimate of drug-likeness (QED) is 0.588. The van der Waals surface area contributed by atoms with Crippen molar-refractivity contribution in [2.24, 2.45) is 7.05 Å². The van der Waals surface area contributed by atoms with Gasteiger partial charge in [0, 0.05) is 42.8 Å². The molecule has 4 aromatic heterocycles. The molecule has 0 fully saturated rings. The zero-order chi connectivity index (χ0) is 18.8. The molecule has 0 aliphatic heterocycles. The van der Waals surface area contributed by atoms with Crippen molar-refractivity contribution in [2.75, 3.05) is 5.32 Å². The van der Waals surface area contributed by atoms with Crippen molar-refractivity contribution in [3.63, 3.8) is 0 Å². The van der Waals surface area contributed by atoms with Gasteiger partial charge in [-0.15, -0.1) is 0 Å². The van der Waals surface area contributed by atoms with Crippen molar-refractivity contribution in [3.05, 3.63) is 77.2 Å². The van der Waals surface area contributed by atoms with Crippen LogP contribution in [0.5, 0.6) is 0 Å². The van der Waals surface area contributed by atoms with Crippen LogP contribution in [0.1, 0.15) is 10.4 Å². The van der Waals surface area contributed by atoms with Crippen LogP contribution in [-0.2, 0) is 7.05 Å². The summed E-state index contributed by atoms with van der Waals surface area (Å²) in [7, 11) is 1.69. The Morgan fingerprint density at radius 3 is 2.74 bits per heavy atom. The van der Waals surface area contributed by atoms with Crippen LogP contribution >= 0.6 is 11.3 Å². The number of anilines is 1. The third kappa shape index (κ3) is 3.42. The lowest BCUT2D eigenvalue weighted by atomic mass is 10.1. The molecule has 0 aliphatic rings. The number of amides is 1. The molecular formula is C19H14N4O3S. The number of carbonyl (C=O) groups excluding carboxylic acids is 1. The van der Waals surface area contributed by atoms with Gasteiger partial charge >= 0.3 is 0 Å². The van der Waals surface area contributed by atoms with Crippen LogP contribution < -0.4 is 10.9 Å². The van der Waals surface area contributed by atoms with Crippen molar-refractivity contribution in [1.29, 1.82) is 0 Å². The van der Waals surface area contributed by atoms with E-state index in [1.807, 2.05) is 6.07 Å². The molecule has 8 heteroatoms. The second-order valence-corrected chi connectivity index (χ2v) is 6.73. The number of nitrogens with zero attached hydrogens (tertiary/aromatic N) is 3. The first-order valence-corrected chi connectivity index (χ1v) is 8.86. The number of aryl methyl sites for hydroxylation is 1. The van der Waals surface area contributed by atoms with Crippen LogP contribution in [0, 0.1) is 0 Å². The van der Waals surface area contributed by atoms with E-state index in [9.17, 15) is 9.59 Å². The van der Waals surface area contributed by atoms with Gasteiger partial charge in [0.1, 0.15) is 5.69 Å². The Kier molecular flexibility index (Phi) is 4.39. The van der Waals surface area contributed by atoms with Crippen LogP contribution in [0.4, 0.5) is 5.13 Å². The Labute approximate surface area is 158 Å². The predicted molar refractivity (Wildman–Crippen MR) is 103 cm³/mol. The molecule has 0 spiro atoms. The average Bonchev–Trinajstić information content (AvgIpc) is 3.34. The lowest BCUT2D eigenvalue weighted by Gasteiger charge is -2.01. The van der Waals surface area contributed by atoms with Gasteiger partial charge < -0.3 is 8.98 Å². The molecule has 134 valence electrons. The van der Waals surface area contributed by atoms with Gasteiger partial charge in [-0.05, 0) is 30.3 Å². The van der Waals surface area contributed by atoms with E-state index in [0.29, 0.717) is 27.7 Å². The molecule has 1 amide bonds. The standard InChI is InChI=1S/C19H14N4O3S/c1-23-9-6-13(11-15(23)24)17-16(14-3-2-10-26-14)21-19(27-17)22-18(25)12-4-7-20-8-5-12/h2-11H,1H3,(H,21,22,25). The van der Waals surface area contributed by atoms with Gasteiger partial charge in [-0.1, -0.05) is 11.3 Å². The second-order valence-electron chi connectivity index (χ2n) is 5.73. The highest BCUT2D eigenvalue weighted by atomic mass is 32.1. The van der Waals surface area contributed by atoms with E-state index in [1.54, 1.807) is 56.2 Å². The minimum absolute atomic E-state index is 0.131. The summed E-state index contributed by atoms with van der Waals surface area (Å²) in [6.45, 7) is 0. The molecule has 0 saturated carbocycles. The second kappa shape index (κ2) is 7.00. The predicted octanol–water partition coefficient (Wildman–Crippen LogP) is 3.42. The maximum atomic E-state index is 12.4. The Bertz CT molecular complexity index is 1150. The third-order valence-corrected chi connectivity index (χ3v) is 4.93. The Balaban J connectivity index is 1.75. The Morgan fingerprint density at radius 2 is 2.04 bits per heavy atom. The minimum Gasteiger partial charge on any atom is -0.463 e. The summed E-state index contributed by atoms with van der Waals surface area (Å²) in [4.78, 5) is 33.6. The van der Waals surface area contributed by atoms with E-state index < -0.39 is 0 Å². The number of pyridine rings is 2. The van der Waals surface area contributed by atoms with E-state index >= 15 is 0 Å². The van der Waals surface area contributed by atoms with Gasteiger partial charge in [-0.25, -0.2) is 4.98 Å². The van der Waals surface area contributed by atoms with Crippen LogP contribution in [0.3, 0.4) is 0 Å². The summed E-state index contributed by atoms with van der Waals surface area (Å²) in [6, 6.07) is 10.2. The summed E-state index contributed by atoms with van der Waals surface area (Å²) in [5.74, 6) is 0.277. The lowest BCUT2D eigenvalue weighted by Crippen LogP contribution is -2.13. The molecule has 1 N–H and O–H groups in total. The van der Waals surface area contributed by atoms with Crippen molar-refractivity contribution in [3.8, 4) is 21.9 Å². The van der Waals surface area contributed by atoms with Crippen LogP contribution in [-0.4, -0.2) is 20.4 Å². The molecule has 27 heavy (non-hydrogen) atoms. The topological polar surface area (TPSA) is 90.0 Å². The highest BCUT2D eigenvalue weighted by molar-refractivity contribution is 7.19. The van der Waals surface area contributed by atoms with Crippen LogP contribution in [0.15, 0.2) is 70.5 Å². The van der Waals surface area contributed by atoms with Gasteiger partial charge in [0.2, 0.25) is 0 Å². The number of hydrogen-bond donors (Lipinski definition) is 1. The maximum Gasteiger partial charge on any atom is 0.257 e. The van der Waals surface area contributed by atoms with Gasteiger partial charge in [-0.3, -0.25) is 19.9 Å². The first-order valence-electron chi connectivity index (χ1n) is 8.05. The molecule has 4 aromatic rings. The molecule has 4 rings (SSSR count). The maximum absolute atomic E-state index is 12.4. The molecule has 4 heterocycles.